The van der Waals surface area contributed by atoms with Gasteiger partial charge in [-0.2, -0.15) is 0 Å². The van der Waals surface area contributed by atoms with E-state index in [2.05, 4.69) is 5.32 Å². The predicted molar refractivity (Wildman–Crippen MR) is 81.6 cm³/mol. The molecule has 1 aromatic carbocycles. The second-order valence-electron chi connectivity index (χ2n) is 4.41. The zero-order chi connectivity index (χ0) is 15.5. The average Bonchev–Trinajstić information content (AvgIpc) is 2.85. The lowest BCUT2D eigenvalue weighted by Gasteiger charge is -2.06. The summed E-state index contributed by atoms with van der Waals surface area (Å²) in [6.07, 6.45) is 0. The monoisotopic (exact) mass is 327 g/mol. The van der Waals surface area contributed by atoms with Gasteiger partial charge in [0.25, 0.3) is 0 Å². The van der Waals surface area contributed by atoms with Gasteiger partial charge in [-0.3, -0.25) is 10.1 Å². The van der Waals surface area contributed by atoms with E-state index in [1.54, 1.807) is 29.6 Å². The maximum absolute atomic E-state index is 11.0. The van der Waals surface area contributed by atoms with Crippen LogP contribution in [0.15, 0.2) is 35.7 Å². The highest BCUT2D eigenvalue weighted by Gasteiger charge is 2.09. The summed E-state index contributed by atoms with van der Waals surface area (Å²) in [6, 6.07) is 8.33. The van der Waals surface area contributed by atoms with Crippen LogP contribution in [0, 0.1) is 10.1 Å². The molecule has 0 fully saturated rings. The molecule has 0 radical (unpaired) electrons. The van der Waals surface area contributed by atoms with Gasteiger partial charge in [-0.1, -0.05) is 23.5 Å². The van der Waals surface area contributed by atoms with E-state index in [0.717, 1.165) is 22.6 Å². The zero-order valence-electron chi connectivity index (χ0n) is 10.9. The molecule has 0 amide bonds. The van der Waals surface area contributed by atoms with Crippen molar-refractivity contribution in [2.75, 3.05) is 5.32 Å². The Hall–Kier alpha value is -1.97. The highest BCUT2D eigenvalue weighted by Crippen LogP contribution is 2.23. The van der Waals surface area contributed by atoms with Crippen molar-refractivity contribution in [3.8, 4) is 0 Å². The van der Waals surface area contributed by atoms with Gasteiger partial charge < -0.3 is 5.32 Å². The first-order valence-corrected chi connectivity index (χ1v) is 8.48. The molecule has 21 heavy (non-hydrogen) atoms. The van der Waals surface area contributed by atoms with Gasteiger partial charge in [-0.15, -0.1) is 0 Å². The number of nitrogens with two attached hydrogens (primary N) is 1. The molecule has 0 bridgehead atoms. The average molecular weight is 327 g/mol. The Morgan fingerprint density at radius 2 is 1.90 bits per heavy atom. The number of thiophene rings is 1. The van der Waals surface area contributed by atoms with Crippen molar-refractivity contribution in [3.05, 3.63) is 57.0 Å². The van der Waals surface area contributed by atoms with Crippen LogP contribution in [0.1, 0.15) is 11.1 Å². The quantitative estimate of drug-likeness (QED) is 0.622. The summed E-state index contributed by atoms with van der Waals surface area (Å²) in [7, 11) is -3.53. The van der Waals surface area contributed by atoms with Crippen molar-refractivity contribution < 1.29 is 13.3 Å². The summed E-state index contributed by atoms with van der Waals surface area (Å²) in [6.45, 7) is 0.457. The fourth-order valence-corrected chi connectivity index (χ4v) is 3.09. The summed E-state index contributed by atoms with van der Waals surface area (Å²) in [5.74, 6) is -0.204. The van der Waals surface area contributed by atoms with Crippen LogP contribution in [0.3, 0.4) is 0 Å². The molecule has 2 rings (SSSR count). The molecule has 1 aromatic heterocycles. The Labute approximate surface area is 125 Å². The SMILES string of the molecule is NS(=O)(=O)Cc1ccc(NCc2csc([N+](=O)[O-])c2)cc1. The van der Waals surface area contributed by atoms with Crippen LogP contribution < -0.4 is 10.5 Å². The Bertz CT molecular complexity index is 738. The zero-order valence-corrected chi connectivity index (χ0v) is 12.5. The third-order valence-corrected chi connectivity index (χ3v) is 4.30. The van der Waals surface area contributed by atoms with Gasteiger partial charge in [0.2, 0.25) is 10.0 Å². The fourth-order valence-electron chi connectivity index (χ4n) is 1.71. The number of rotatable bonds is 6. The van der Waals surface area contributed by atoms with Gasteiger partial charge in [0.1, 0.15) is 0 Å². The molecule has 7 nitrogen and oxygen atoms in total. The van der Waals surface area contributed by atoms with Gasteiger partial charge >= 0.3 is 5.00 Å². The van der Waals surface area contributed by atoms with Crippen molar-refractivity contribution in [2.45, 2.75) is 12.3 Å². The van der Waals surface area contributed by atoms with Crippen LogP contribution in [-0.2, 0) is 22.3 Å². The molecule has 0 unspecified atom stereocenters. The molecule has 0 saturated heterocycles. The third kappa shape index (κ3) is 4.81. The fraction of sp³-hybridized carbons (Fsp3) is 0.167. The smallest absolute Gasteiger partial charge is 0.324 e. The van der Waals surface area contributed by atoms with E-state index in [1.165, 1.54) is 6.07 Å². The number of anilines is 1. The molecule has 0 atom stereocenters. The predicted octanol–water partition coefficient (Wildman–Crippen LogP) is 2.06. The molecule has 9 heteroatoms. The van der Waals surface area contributed by atoms with Crippen LogP contribution >= 0.6 is 11.3 Å². The van der Waals surface area contributed by atoms with Crippen molar-refractivity contribution in [1.29, 1.82) is 0 Å². The Kier molecular flexibility index (Phi) is 4.56. The molecular formula is C12H13N3O4S2. The normalized spacial score (nSPS) is 11.3. The van der Waals surface area contributed by atoms with Gasteiger partial charge in [0.15, 0.2) is 0 Å². The van der Waals surface area contributed by atoms with Gasteiger partial charge in [-0.25, -0.2) is 13.6 Å². The lowest BCUT2D eigenvalue weighted by atomic mass is 10.2. The van der Waals surface area contributed by atoms with E-state index in [0.29, 0.717) is 12.1 Å². The van der Waals surface area contributed by atoms with E-state index in [-0.39, 0.29) is 10.8 Å². The second-order valence-corrected chi connectivity index (χ2v) is 6.91. The molecule has 0 spiro atoms. The van der Waals surface area contributed by atoms with Crippen molar-refractivity contribution in [3.63, 3.8) is 0 Å². The number of benzene rings is 1. The minimum absolute atomic E-state index is 0.107. The standard InChI is InChI=1S/C12H13N3O4S2/c13-21(18,19)8-9-1-3-11(4-2-9)14-6-10-5-12(15(16)17)20-7-10/h1-5,7,14H,6,8H2,(H2,13,18,19). The summed E-state index contributed by atoms with van der Waals surface area (Å²) in [5.41, 5.74) is 2.22. The van der Waals surface area contributed by atoms with Crippen LogP contribution in [0.5, 0.6) is 0 Å². The molecule has 112 valence electrons. The summed E-state index contributed by atoms with van der Waals surface area (Å²) < 4.78 is 21.9. The lowest BCUT2D eigenvalue weighted by Crippen LogP contribution is -2.14. The van der Waals surface area contributed by atoms with Gasteiger partial charge in [0.05, 0.1) is 10.7 Å². The van der Waals surface area contributed by atoms with Crippen LogP contribution in [-0.4, -0.2) is 13.3 Å². The van der Waals surface area contributed by atoms with E-state index >= 15 is 0 Å². The maximum atomic E-state index is 11.0. The topological polar surface area (TPSA) is 115 Å². The minimum Gasteiger partial charge on any atom is -0.381 e. The van der Waals surface area contributed by atoms with Crippen molar-refractivity contribution in [1.82, 2.24) is 0 Å². The van der Waals surface area contributed by atoms with E-state index in [4.69, 9.17) is 5.14 Å². The van der Waals surface area contributed by atoms with Crippen molar-refractivity contribution >= 4 is 32.0 Å². The summed E-state index contributed by atoms with van der Waals surface area (Å²) in [4.78, 5) is 10.2. The highest BCUT2D eigenvalue weighted by molar-refractivity contribution is 7.88. The molecule has 0 aliphatic heterocycles. The molecular weight excluding hydrogens is 314 g/mol. The lowest BCUT2D eigenvalue weighted by molar-refractivity contribution is -0.380. The van der Waals surface area contributed by atoms with E-state index < -0.39 is 14.9 Å². The first-order valence-electron chi connectivity index (χ1n) is 5.88. The van der Waals surface area contributed by atoms with Crippen molar-refractivity contribution in [2.24, 2.45) is 5.14 Å². The first-order chi connectivity index (χ1) is 9.83. The number of nitrogens with one attached hydrogen (secondary N) is 1. The summed E-state index contributed by atoms with van der Waals surface area (Å²) >= 11 is 1.08. The molecule has 1 heterocycles. The highest BCUT2D eigenvalue weighted by atomic mass is 32.2. The number of nitro groups is 1. The van der Waals surface area contributed by atoms with Gasteiger partial charge in [0, 0.05) is 23.7 Å². The summed E-state index contributed by atoms with van der Waals surface area (Å²) in [5, 5.41) is 20.5. The van der Waals surface area contributed by atoms with E-state index in [9.17, 15) is 18.5 Å². The largest absolute Gasteiger partial charge is 0.381 e. The Morgan fingerprint density at radius 3 is 2.43 bits per heavy atom. The minimum atomic E-state index is -3.53. The maximum Gasteiger partial charge on any atom is 0.324 e. The molecule has 2 aromatic rings. The molecule has 0 aliphatic rings. The number of nitrogens with zero attached hydrogens (tertiary/aromatic N) is 1. The number of hydrogen-bond acceptors (Lipinski definition) is 6. The Morgan fingerprint density at radius 1 is 1.24 bits per heavy atom. The second kappa shape index (κ2) is 6.20. The van der Waals surface area contributed by atoms with Crippen LogP contribution in [0.4, 0.5) is 10.7 Å². The first kappa shape index (κ1) is 15.4. The van der Waals surface area contributed by atoms with Crippen LogP contribution in [0.2, 0.25) is 0 Å². The Balaban J connectivity index is 1.95. The number of sulfonamides is 1. The third-order valence-electron chi connectivity index (χ3n) is 2.64. The van der Waals surface area contributed by atoms with E-state index in [1.807, 2.05) is 0 Å². The number of primary sulfonamides is 1. The number of hydrogen-bond donors (Lipinski definition) is 2. The van der Waals surface area contributed by atoms with Crippen LogP contribution in [0.25, 0.3) is 0 Å². The van der Waals surface area contributed by atoms with Gasteiger partial charge in [-0.05, 0) is 23.3 Å². The molecule has 0 aliphatic carbocycles. The molecule has 3 N–H and O–H groups in total. The molecule has 0 saturated carbocycles.